The first-order valence-corrected chi connectivity index (χ1v) is 7.33. The first-order chi connectivity index (χ1) is 8.83. The molecular formula is C14H20N2OS. The van der Waals surface area contributed by atoms with Crippen LogP contribution in [0.15, 0.2) is 22.8 Å². The first-order valence-electron chi connectivity index (χ1n) is 6.92. The molecule has 0 atom stereocenters. The Hall–Kier alpha value is -1.03. The van der Waals surface area contributed by atoms with E-state index >= 15 is 0 Å². The maximum absolute atomic E-state index is 5.57. The number of nitrogens with zero attached hydrogens (tertiary/aromatic N) is 1. The molecular weight excluding hydrogens is 244 g/mol. The Bertz CT molecular complexity index is 394. The minimum atomic E-state index is 0.593. The second-order valence-corrected chi connectivity index (χ2v) is 5.76. The minimum absolute atomic E-state index is 0.593. The van der Waals surface area contributed by atoms with E-state index in [0.717, 1.165) is 17.4 Å². The average molecular weight is 264 g/mol. The normalized spacial score (nSPS) is 20.0. The van der Waals surface area contributed by atoms with E-state index in [1.807, 2.05) is 12.1 Å². The number of hydrogen-bond donors (Lipinski definition) is 1. The van der Waals surface area contributed by atoms with Crippen molar-refractivity contribution in [3.8, 4) is 0 Å². The zero-order valence-electron chi connectivity index (χ0n) is 10.6. The molecule has 0 aromatic carbocycles. The molecule has 0 aliphatic heterocycles. The summed E-state index contributed by atoms with van der Waals surface area (Å²) < 4.78 is 5.43. The van der Waals surface area contributed by atoms with Crippen molar-refractivity contribution in [3.05, 3.63) is 24.2 Å². The zero-order valence-corrected chi connectivity index (χ0v) is 11.4. The van der Waals surface area contributed by atoms with Gasteiger partial charge in [0.2, 0.25) is 0 Å². The van der Waals surface area contributed by atoms with E-state index in [-0.39, 0.29) is 0 Å². The second-order valence-electron chi connectivity index (χ2n) is 5.37. The summed E-state index contributed by atoms with van der Waals surface area (Å²) in [5.74, 6) is 0.998. The number of hydrogen-bond acceptors (Lipinski definition) is 2. The SMILES string of the molecule is S=C(NC1CCCC1)N(Cc1ccco1)C1CC1. The lowest BCUT2D eigenvalue weighted by Gasteiger charge is -2.27. The topological polar surface area (TPSA) is 28.4 Å². The molecule has 18 heavy (non-hydrogen) atoms. The van der Waals surface area contributed by atoms with E-state index in [1.165, 1.54) is 38.5 Å². The van der Waals surface area contributed by atoms with Crippen molar-refractivity contribution in [2.75, 3.05) is 0 Å². The summed E-state index contributed by atoms with van der Waals surface area (Å²) in [6, 6.07) is 5.17. The van der Waals surface area contributed by atoms with E-state index in [4.69, 9.17) is 16.6 Å². The number of rotatable bonds is 4. The van der Waals surface area contributed by atoms with Crippen molar-refractivity contribution < 1.29 is 4.42 Å². The van der Waals surface area contributed by atoms with Gasteiger partial charge in [-0.2, -0.15) is 0 Å². The van der Waals surface area contributed by atoms with Crippen LogP contribution in [0.1, 0.15) is 44.3 Å². The number of nitrogens with one attached hydrogen (secondary N) is 1. The van der Waals surface area contributed by atoms with Gasteiger partial charge in [-0.15, -0.1) is 0 Å². The molecule has 1 aromatic heterocycles. The summed E-state index contributed by atoms with van der Waals surface area (Å²) in [6.45, 7) is 0.802. The van der Waals surface area contributed by atoms with Crippen LogP contribution >= 0.6 is 12.2 Å². The predicted molar refractivity (Wildman–Crippen MR) is 75.3 cm³/mol. The van der Waals surface area contributed by atoms with Crippen molar-refractivity contribution in [2.24, 2.45) is 0 Å². The lowest BCUT2D eigenvalue weighted by molar-refractivity contribution is 0.345. The molecule has 3 rings (SSSR count). The second kappa shape index (κ2) is 5.31. The van der Waals surface area contributed by atoms with Gasteiger partial charge < -0.3 is 14.6 Å². The summed E-state index contributed by atoms with van der Waals surface area (Å²) in [5, 5.41) is 4.45. The van der Waals surface area contributed by atoms with E-state index in [1.54, 1.807) is 6.26 Å². The van der Waals surface area contributed by atoms with Crippen LogP contribution in [0.5, 0.6) is 0 Å². The quantitative estimate of drug-likeness (QED) is 0.846. The van der Waals surface area contributed by atoms with Gasteiger partial charge >= 0.3 is 0 Å². The molecule has 4 heteroatoms. The lowest BCUT2D eigenvalue weighted by Crippen LogP contribution is -2.44. The summed E-state index contributed by atoms with van der Waals surface area (Å²) in [6.07, 6.45) is 9.44. The molecule has 0 spiro atoms. The molecule has 1 heterocycles. The fourth-order valence-corrected chi connectivity index (χ4v) is 3.03. The Labute approximate surface area is 114 Å². The molecule has 2 fully saturated rings. The highest BCUT2D eigenvalue weighted by molar-refractivity contribution is 7.80. The molecule has 3 nitrogen and oxygen atoms in total. The summed E-state index contributed by atoms with van der Waals surface area (Å²) in [4.78, 5) is 2.30. The molecule has 2 aliphatic carbocycles. The highest BCUT2D eigenvalue weighted by atomic mass is 32.1. The van der Waals surface area contributed by atoms with Crippen LogP contribution < -0.4 is 5.32 Å². The van der Waals surface area contributed by atoms with Crippen molar-refractivity contribution in [1.29, 1.82) is 0 Å². The van der Waals surface area contributed by atoms with E-state index in [2.05, 4.69) is 10.2 Å². The third-order valence-corrected chi connectivity index (χ3v) is 4.19. The fraction of sp³-hybridized carbons (Fsp3) is 0.643. The van der Waals surface area contributed by atoms with Crippen molar-refractivity contribution in [2.45, 2.75) is 57.2 Å². The van der Waals surface area contributed by atoms with Crippen LogP contribution in [0, 0.1) is 0 Å². The smallest absolute Gasteiger partial charge is 0.169 e. The van der Waals surface area contributed by atoms with Crippen LogP contribution in [0.3, 0.4) is 0 Å². The van der Waals surface area contributed by atoms with Gasteiger partial charge in [0.25, 0.3) is 0 Å². The van der Waals surface area contributed by atoms with Gasteiger partial charge in [0, 0.05) is 12.1 Å². The molecule has 1 aromatic rings. The molecule has 2 saturated carbocycles. The van der Waals surface area contributed by atoms with Crippen LogP contribution in [-0.4, -0.2) is 22.1 Å². The molecule has 0 bridgehead atoms. The molecule has 98 valence electrons. The Balaban J connectivity index is 1.60. The van der Waals surface area contributed by atoms with Crippen molar-refractivity contribution in [1.82, 2.24) is 10.2 Å². The Kier molecular flexibility index (Phi) is 3.55. The monoisotopic (exact) mass is 264 g/mol. The molecule has 0 amide bonds. The molecule has 1 N–H and O–H groups in total. The van der Waals surface area contributed by atoms with E-state index in [9.17, 15) is 0 Å². The summed E-state index contributed by atoms with van der Waals surface area (Å²) >= 11 is 5.57. The minimum Gasteiger partial charge on any atom is -0.467 e. The third-order valence-electron chi connectivity index (χ3n) is 3.84. The maximum atomic E-state index is 5.57. The summed E-state index contributed by atoms with van der Waals surface area (Å²) in [7, 11) is 0. The number of furan rings is 1. The van der Waals surface area contributed by atoms with Gasteiger partial charge in [0.1, 0.15) is 5.76 Å². The largest absolute Gasteiger partial charge is 0.467 e. The Morgan fingerprint density at radius 2 is 2.11 bits per heavy atom. The first kappa shape index (κ1) is 12.0. The van der Waals surface area contributed by atoms with Gasteiger partial charge in [-0.25, -0.2) is 0 Å². The molecule has 0 saturated heterocycles. The molecule has 0 unspecified atom stereocenters. The van der Waals surface area contributed by atoms with Crippen molar-refractivity contribution >= 4 is 17.3 Å². The fourth-order valence-electron chi connectivity index (χ4n) is 2.65. The van der Waals surface area contributed by atoms with Gasteiger partial charge in [0.05, 0.1) is 12.8 Å². The van der Waals surface area contributed by atoms with Gasteiger partial charge in [0.15, 0.2) is 5.11 Å². The van der Waals surface area contributed by atoms with Crippen LogP contribution in [0.2, 0.25) is 0 Å². The van der Waals surface area contributed by atoms with Gasteiger partial charge in [-0.05, 0) is 50.0 Å². The highest BCUT2D eigenvalue weighted by Crippen LogP contribution is 2.29. The third kappa shape index (κ3) is 2.86. The predicted octanol–water partition coefficient (Wildman–Crippen LogP) is 3.06. The summed E-state index contributed by atoms with van der Waals surface area (Å²) in [5.41, 5.74) is 0. The number of thiocarbonyl (C=S) groups is 1. The van der Waals surface area contributed by atoms with Crippen LogP contribution in [-0.2, 0) is 6.54 Å². The molecule has 2 aliphatic rings. The van der Waals surface area contributed by atoms with Crippen LogP contribution in [0.25, 0.3) is 0 Å². The van der Waals surface area contributed by atoms with Crippen molar-refractivity contribution in [3.63, 3.8) is 0 Å². The van der Waals surface area contributed by atoms with Gasteiger partial charge in [-0.3, -0.25) is 0 Å². The lowest BCUT2D eigenvalue weighted by atomic mass is 10.2. The van der Waals surface area contributed by atoms with E-state index in [0.29, 0.717) is 12.1 Å². The van der Waals surface area contributed by atoms with E-state index < -0.39 is 0 Å². The zero-order chi connectivity index (χ0) is 12.4. The Morgan fingerprint density at radius 3 is 2.72 bits per heavy atom. The standard InChI is InChI=1S/C14H20N2OS/c18-14(15-11-4-1-2-5-11)16(12-7-8-12)10-13-6-3-9-17-13/h3,6,9,11-12H,1-2,4-5,7-8,10H2,(H,15,18). The molecule has 0 radical (unpaired) electrons. The average Bonchev–Trinajstić information content (AvgIpc) is 2.87. The van der Waals surface area contributed by atoms with Gasteiger partial charge in [-0.1, -0.05) is 12.8 Å². The highest BCUT2D eigenvalue weighted by Gasteiger charge is 2.32. The van der Waals surface area contributed by atoms with Crippen LogP contribution in [0.4, 0.5) is 0 Å². The Morgan fingerprint density at radius 1 is 1.33 bits per heavy atom. The maximum Gasteiger partial charge on any atom is 0.169 e.